The van der Waals surface area contributed by atoms with E-state index in [0.717, 1.165) is 17.5 Å². The molecule has 0 spiro atoms. The van der Waals surface area contributed by atoms with Crippen molar-refractivity contribution < 1.29 is 9.90 Å². The highest BCUT2D eigenvalue weighted by Gasteiger charge is 2.33. The summed E-state index contributed by atoms with van der Waals surface area (Å²) in [6.45, 7) is 4.05. The molecule has 29 heavy (non-hydrogen) atoms. The molecule has 3 nitrogen and oxygen atoms in total. The van der Waals surface area contributed by atoms with Gasteiger partial charge in [-0.25, -0.2) is 0 Å². The molecule has 3 atom stereocenters. The molecule has 1 N–H and O–H groups in total. The molecule has 2 aromatic carbocycles. The van der Waals surface area contributed by atoms with E-state index in [1.54, 1.807) is 16.7 Å². The van der Waals surface area contributed by atoms with Crippen molar-refractivity contribution in [3.63, 3.8) is 0 Å². The molecule has 1 amide bonds. The zero-order valence-corrected chi connectivity index (χ0v) is 18.8. The van der Waals surface area contributed by atoms with Crippen molar-refractivity contribution in [3.05, 3.63) is 65.2 Å². The van der Waals surface area contributed by atoms with E-state index in [4.69, 9.17) is 0 Å². The summed E-state index contributed by atoms with van der Waals surface area (Å²) in [5.74, 6) is 0.591. The summed E-state index contributed by atoms with van der Waals surface area (Å²) < 4.78 is 0. The molecule has 0 saturated heterocycles. The normalized spacial score (nSPS) is 17.3. The minimum Gasteiger partial charge on any atom is -0.386 e. The Labute approximate surface area is 179 Å². The molecule has 3 rings (SSSR count). The predicted octanol–water partition coefficient (Wildman–Crippen LogP) is 5.57. The van der Waals surface area contributed by atoms with Crippen LogP contribution in [0, 0.1) is 12.8 Å². The van der Waals surface area contributed by atoms with Crippen LogP contribution in [0.3, 0.4) is 0 Å². The van der Waals surface area contributed by atoms with Gasteiger partial charge in [0.05, 0.1) is 18.1 Å². The standard InChI is InChI=1S/C25H33NO2S/c1-17-15-21(13-14-23(17)29-4)22(16-19-9-8-10-19)25(28)26(3)18(2)24(27)20-11-6-5-7-12-20/h5-7,11-15,18-19,22,24,27H,8-10,16H2,1-4H3/t18-,22-,24+/m1/s1. The van der Waals surface area contributed by atoms with Gasteiger partial charge in [0, 0.05) is 11.9 Å². The predicted molar refractivity (Wildman–Crippen MR) is 121 cm³/mol. The fourth-order valence-corrected chi connectivity index (χ4v) is 4.73. The lowest BCUT2D eigenvalue weighted by atomic mass is 9.76. The third kappa shape index (κ3) is 5.04. The van der Waals surface area contributed by atoms with E-state index in [0.29, 0.717) is 5.92 Å². The number of benzene rings is 2. The van der Waals surface area contributed by atoms with Gasteiger partial charge in [0.2, 0.25) is 5.91 Å². The largest absolute Gasteiger partial charge is 0.386 e. The maximum absolute atomic E-state index is 13.6. The Morgan fingerprint density at radius 1 is 1.17 bits per heavy atom. The van der Waals surface area contributed by atoms with Crippen LogP contribution in [0.15, 0.2) is 53.4 Å². The monoisotopic (exact) mass is 411 g/mol. The Bertz CT molecular complexity index is 819. The van der Waals surface area contributed by atoms with Gasteiger partial charge >= 0.3 is 0 Å². The number of carbonyl (C=O) groups excluding carboxylic acids is 1. The number of thioether (sulfide) groups is 1. The van der Waals surface area contributed by atoms with Gasteiger partial charge in [-0.1, -0.05) is 61.7 Å². The first-order valence-corrected chi connectivity index (χ1v) is 11.8. The molecule has 0 bridgehead atoms. The minimum absolute atomic E-state index is 0.107. The Morgan fingerprint density at radius 3 is 2.41 bits per heavy atom. The summed E-state index contributed by atoms with van der Waals surface area (Å²) >= 11 is 1.74. The van der Waals surface area contributed by atoms with Crippen molar-refractivity contribution in [2.24, 2.45) is 5.92 Å². The maximum Gasteiger partial charge on any atom is 0.230 e. The number of aliphatic hydroxyl groups excluding tert-OH is 1. The second-order valence-electron chi connectivity index (χ2n) is 8.36. The molecule has 2 aromatic rings. The van der Waals surface area contributed by atoms with Gasteiger partial charge in [-0.15, -0.1) is 11.8 Å². The van der Waals surface area contributed by atoms with Gasteiger partial charge in [-0.05, 0) is 55.2 Å². The molecule has 0 heterocycles. The van der Waals surface area contributed by atoms with Gasteiger partial charge in [0.25, 0.3) is 0 Å². The Hall–Kier alpha value is -1.78. The number of rotatable bonds is 8. The van der Waals surface area contributed by atoms with Crippen molar-refractivity contribution in [1.29, 1.82) is 0 Å². The van der Waals surface area contributed by atoms with Gasteiger partial charge in [-0.2, -0.15) is 0 Å². The van der Waals surface area contributed by atoms with Crippen LogP contribution < -0.4 is 0 Å². The topological polar surface area (TPSA) is 40.5 Å². The first kappa shape index (κ1) is 21.9. The van der Waals surface area contributed by atoms with Crippen molar-refractivity contribution >= 4 is 17.7 Å². The lowest BCUT2D eigenvalue weighted by molar-refractivity contribution is -0.136. The van der Waals surface area contributed by atoms with Crippen molar-refractivity contribution in [2.75, 3.05) is 13.3 Å². The lowest BCUT2D eigenvalue weighted by Crippen LogP contribution is -2.42. The van der Waals surface area contributed by atoms with Gasteiger partial charge in [-0.3, -0.25) is 4.79 Å². The van der Waals surface area contributed by atoms with Crippen LogP contribution >= 0.6 is 11.8 Å². The van der Waals surface area contributed by atoms with Crippen LogP contribution in [0.5, 0.6) is 0 Å². The van der Waals surface area contributed by atoms with E-state index in [1.807, 2.05) is 44.3 Å². The third-order valence-electron chi connectivity index (χ3n) is 6.47. The summed E-state index contributed by atoms with van der Waals surface area (Å²) in [4.78, 5) is 16.6. The van der Waals surface area contributed by atoms with Crippen LogP contribution in [0.25, 0.3) is 0 Å². The summed E-state index contributed by atoms with van der Waals surface area (Å²) in [6, 6.07) is 15.7. The fourth-order valence-electron chi connectivity index (χ4n) is 4.15. The number of nitrogens with zero attached hydrogens (tertiary/aromatic N) is 1. The van der Waals surface area contributed by atoms with Crippen LogP contribution in [-0.4, -0.2) is 35.3 Å². The number of likely N-dealkylation sites (N-methyl/N-ethyl adjacent to an activating group) is 1. The second-order valence-corrected chi connectivity index (χ2v) is 9.21. The van der Waals surface area contributed by atoms with Crippen LogP contribution in [-0.2, 0) is 4.79 Å². The van der Waals surface area contributed by atoms with Crippen LogP contribution in [0.1, 0.15) is 61.3 Å². The smallest absolute Gasteiger partial charge is 0.230 e. The van der Waals surface area contributed by atoms with Crippen molar-refractivity contribution in [3.8, 4) is 0 Å². The average Bonchev–Trinajstić information content (AvgIpc) is 2.71. The molecule has 1 aliphatic carbocycles. The lowest BCUT2D eigenvalue weighted by Gasteiger charge is -2.35. The van der Waals surface area contributed by atoms with Gasteiger partial charge in [0.1, 0.15) is 0 Å². The van der Waals surface area contributed by atoms with Crippen molar-refractivity contribution in [2.45, 2.75) is 62.5 Å². The molecule has 156 valence electrons. The molecule has 1 fully saturated rings. The molecule has 0 aliphatic heterocycles. The number of amides is 1. The highest BCUT2D eigenvalue weighted by molar-refractivity contribution is 7.98. The van der Waals surface area contributed by atoms with E-state index >= 15 is 0 Å². The SMILES string of the molecule is CSc1ccc([C@@H](CC2CCC2)C(=O)N(C)[C@H](C)[C@H](O)c2ccccc2)cc1C. The van der Waals surface area contributed by atoms with Gasteiger partial charge in [0.15, 0.2) is 0 Å². The third-order valence-corrected chi connectivity index (χ3v) is 7.37. The molecule has 0 aromatic heterocycles. The molecular weight excluding hydrogens is 378 g/mol. The zero-order valence-electron chi connectivity index (χ0n) is 18.0. The molecular formula is C25H33NO2S. The Kier molecular flexibility index (Phi) is 7.42. The van der Waals surface area contributed by atoms with Crippen LogP contribution in [0.4, 0.5) is 0 Å². The molecule has 1 saturated carbocycles. The number of hydrogen-bond donors (Lipinski definition) is 1. The first-order chi connectivity index (χ1) is 13.9. The second kappa shape index (κ2) is 9.82. The van der Waals surface area contributed by atoms with E-state index in [-0.39, 0.29) is 17.9 Å². The average molecular weight is 412 g/mol. The quantitative estimate of drug-likeness (QED) is 0.577. The van der Waals surface area contributed by atoms with E-state index in [1.165, 1.54) is 29.7 Å². The Balaban J connectivity index is 1.82. The van der Waals surface area contributed by atoms with E-state index in [9.17, 15) is 9.90 Å². The number of hydrogen-bond acceptors (Lipinski definition) is 3. The Morgan fingerprint density at radius 2 is 1.86 bits per heavy atom. The van der Waals surface area contributed by atoms with Crippen LogP contribution in [0.2, 0.25) is 0 Å². The summed E-state index contributed by atoms with van der Waals surface area (Å²) in [5, 5.41) is 10.8. The fraction of sp³-hybridized carbons (Fsp3) is 0.480. The molecule has 4 heteroatoms. The number of carbonyl (C=O) groups is 1. The summed E-state index contributed by atoms with van der Waals surface area (Å²) in [7, 11) is 1.83. The summed E-state index contributed by atoms with van der Waals surface area (Å²) in [5.41, 5.74) is 3.17. The summed E-state index contributed by atoms with van der Waals surface area (Å²) in [6.07, 6.45) is 5.99. The molecule has 1 aliphatic rings. The minimum atomic E-state index is -0.699. The molecule has 0 radical (unpaired) electrons. The zero-order chi connectivity index (χ0) is 21.0. The van der Waals surface area contributed by atoms with E-state index in [2.05, 4.69) is 31.4 Å². The van der Waals surface area contributed by atoms with E-state index < -0.39 is 6.10 Å². The highest BCUT2D eigenvalue weighted by atomic mass is 32.2. The molecule has 0 unspecified atom stereocenters. The van der Waals surface area contributed by atoms with Crippen molar-refractivity contribution in [1.82, 2.24) is 4.90 Å². The number of aliphatic hydroxyl groups is 1. The first-order valence-electron chi connectivity index (χ1n) is 10.6. The van der Waals surface area contributed by atoms with Gasteiger partial charge < -0.3 is 10.0 Å². The highest BCUT2D eigenvalue weighted by Crippen LogP contribution is 2.38. The number of aryl methyl sites for hydroxylation is 1. The maximum atomic E-state index is 13.6.